The van der Waals surface area contributed by atoms with Crippen LogP contribution in [0.2, 0.25) is 0 Å². The molecule has 0 saturated carbocycles. The maximum absolute atomic E-state index is 13.5. The van der Waals surface area contributed by atoms with E-state index in [9.17, 15) is 9.18 Å². The van der Waals surface area contributed by atoms with Gasteiger partial charge in [0.05, 0.1) is 5.56 Å². The summed E-state index contributed by atoms with van der Waals surface area (Å²) in [5.41, 5.74) is 2.06. The van der Waals surface area contributed by atoms with Gasteiger partial charge in [0.15, 0.2) is 0 Å². The fraction of sp³-hybridized carbons (Fsp3) is 0.0714. The van der Waals surface area contributed by atoms with Gasteiger partial charge in [-0.05, 0) is 57.7 Å². The molecule has 0 aliphatic carbocycles. The summed E-state index contributed by atoms with van der Waals surface area (Å²) >= 11 is 3.18. The van der Waals surface area contributed by atoms with Crippen LogP contribution in [0, 0.1) is 12.7 Å². The summed E-state index contributed by atoms with van der Waals surface area (Å²) in [6, 6.07) is 9.72. The van der Waals surface area contributed by atoms with E-state index in [1.54, 1.807) is 31.2 Å². The summed E-state index contributed by atoms with van der Waals surface area (Å²) in [6.07, 6.45) is 0. The molecular formula is C14H10BrFO2. The molecule has 2 aromatic carbocycles. The average molecular weight is 309 g/mol. The Labute approximate surface area is 112 Å². The zero-order chi connectivity index (χ0) is 13.3. The van der Waals surface area contributed by atoms with Crippen molar-refractivity contribution in [2.24, 2.45) is 0 Å². The average Bonchev–Trinajstić information content (AvgIpc) is 2.33. The molecule has 0 aliphatic heterocycles. The van der Waals surface area contributed by atoms with E-state index in [4.69, 9.17) is 5.11 Å². The molecule has 0 bridgehead atoms. The maximum atomic E-state index is 13.5. The molecule has 0 aliphatic rings. The lowest BCUT2D eigenvalue weighted by molar-refractivity contribution is 0.0696. The van der Waals surface area contributed by atoms with Crippen molar-refractivity contribution >= 4 is 21.9 Å². The Balaban J connectivity index is 2.62. The van der Waals surface area contributed by atoms with Crippen molar-refractivity contribution < 1.29 is 14.3 Å². The molecule has 4 heteroatoms. The molecule has 18 heavy (non-hydrogen) atoms. The molecule has 0 fully saturated rings. The van der Waals surface area contributed by atoms with Crippen molar-refractivity contribution in [2.45, 2.75) is 6.92 Å². The van der Waals surface area contributed by atoms with E-state index in [1.807, 2.05) is 0 Å². The number of rotatable bonds is 2. The SMILES string of the molecule is Cc1c(F)cccc1-c1ccc(Br)c(C(=O)O)c1. The van der Waals surface area contributed by atoms with Gasteiger partial charge in [-0.15, -0.1) is 0 Å². The summed E-state index contributed by atoms with van der Waals surface area (Å²) in [5, 5.41) is 9.06. The normalized spacial score (nSPS) is 10.4. The Morgan fingerprint density at radius 3 is 2.67 bits per heavy atom. The molecule has 0 saturated heterocycles. The first-order valence-corrected chi connectivity index (χ1v) is 6.08. The number of carboxylic acids is 1. The van der Waals surface area contributed by atoms with E-state index in [1.165, 1.54) is 12.1 Å². The molecule has 2 aromatic rings. The Morgan fingerprint density at radius 2 is 2.00 bits per heavy atom. The highest BCUT2D eigenvalue weighted by Crippen LogP contribution is 2.28. The van der Waals surface area contributed by atoms with Crippen LogP contribution in [0.25, 0.3) is 11.1 Å². The van der Waals surface area contributed by atoms with E-state index in [0.29, 0.717) is 21.2 Å². The third-order valence-electron chi connectivity index (χ3n) is 2.78. The molecule has 1 N–H and O–H groups in total. The highest BCUT2D eigenvalue weighted by Gasteiger charge is 2.12. The van der Waals surface area contributed by atoms with Crippen molar-refractivity contribution in [1.82, 2.24) is 0 Å². The first kappa shape index (κ1) is 12.8. The third-order valence-corrected chi connectivity index (χ3v) is 3.47. The van der Waals surface area contributed by atoms with Crippen LogP contribution in [0.15, 0.2) is 40.9 Å². The van der Waals surface area contributed by atoms with Crippen molar-refractivity contribution in [1.29, 1.82) is 0 Å². The number of carbonyl (C=O) groups is 1. The molecule has 0 atom stereocenters. The first-order valence-electron chi connectivity index (χ1n) is 5.29. The molecule has 92 valence electrons. The minimum Gasteiger partial charge on any atom is -0.478 e. The topological polar surface area (TPSA) is 37.3 Å². The van der Waals surface area contributed by atoms with Crippen molar-refractivity contribution in [2.75, 3.05) is 0 Å². The molecule has 0 spiro atoms. The standard InChI is InChI=1S/C14H10BrFO2/c1-8-10(3-2-4-13(8)16)9-5-6-12(15)11(7-9)14(17)18/h2-7H,1H3,(H,17,18). The number of carboxylic acid groups (broad SMARTS) is 1. The van der Waals surface area contributed by atoms with E-state index in [-0.39, 0.29) is 11.4 Å². The van der Waals surface area contributed by atoms with Gasteiger partial charge in [0.25, 0.3) is 0 Å². The molecule has 2 nitrogen and oxygen atoms in total. The molecule has 0 unspecified atom stereocenters. The van der Waals surface area contributed by atoms with E-state index < -0.39 is 5.97 Å². The second-order valence-electron chi connectivity index (χ2n) is 3.91. The van der Waals surface area contributed by atoms with Gasteiger partial charge in [-0.1, -0.05) is 18.2 Å². The molecule has 2 rings (SSSR count). The second kappa shape index (κ2) is 4.90. The number of hydrogen-bond acceptors (Lipinski definition) is 1. The highest BCUT2D eigenvalue weighted by molar-refractivity contribution is 9.10. The van der Waals surface area contributed by atoms with Crippen LogP contribution >= 0.6 is 15.9 Å². The smallest absolute Gasteiger partial charge is 0.336 e. The number of benzene rings is 2. The van der Waals surface area contributed by atoms with Gasteiger partial charge < -0.3 is 5.11 Å². The minimum absolute atomic E-state index is 0.163. The van der Waals surface area contributed by atoms with Gasteiger partial charge in [0.2, 0.25) is 0 Å². The van der Waals surface area contributed by atoms with Gasteiger partial charge in [-0.25, -0.2) is 9.18 Å². The Kier molecular flexibility index (Phi) is 3.48. The minimum atomic E-state index is -1.02. The van der Waals surface area contributed by atoms with Crippen LogP contribution in [0.4, 0.5) is 4.39 Å². The summed E-state index contributed by atoms with van der Waals surface area (Å²) in [4.78, 5) is 11.1. The maximum Gasteiger partial charge on any atom is 0.336 e. The van der Waals surface area contributed by atoms with Gasteiger partial charge in [-0.3, -0.25) is 0 Å². The van der Waals surface area contributed by atoms with Crippen LogP contribution in [-0.4, -0.2) is 11.1 Å². The molecular weight excluding hydrogens is 299 g/mol. The zero-order valence-electron chi connectivity index (χ0n) is 9.58. The molecule has 0 radical (unpaired) electrons. The van der Waals surface area contributed by atoms with E-state index in [2.05, 4.69) is 15.9 Å². The Hall–Kier alpha value is -1.68. The van der Waals surface area contributed by atoms with Gasteiger partial charge in [0.1, 0.15) is 5.82 Å². The van der Waals surface area contributed by atoms with E-state index >= 15 is 0 Å². The van der Waals surface area contributed by atoms with Crippen LogP contribution in [0.1, 0.15) is 15.9 Å². The number of hydrogen-bond donors (Lipinski definition) is 1. The number of halogens is 2. The lowest BCUT2D eigenvalue weighted by atomic mass is 9.98. The monoisotopic (exact) mass is 308 g/mol. The van der Waals surface area contributed by atoms with Gasteiger partial charge >= 0.3 is 5.97 Å². The predicted molar refractivity (Wildman–Crippen MR) is 71.2 cm³/mol. The quantitative estimate of drug-likeness (QED) is 0.900. The second-order valence-corrected chi connectivity index (χ2v) is 4.77. The Morgan fingerprint density at radius 1 is 1.28 bits per heavy atom. The van der Waals surface area contributed by atoms with E-state index in [0.717, 1.165) is 0 Å². The fourth-order valence-electron chi connectivity index (χ4n) is 1.78. The predicted octanol–water partition coefficient (Wildman–Crippen LogP) is 4.26. The third kappa shape index (κ3) is 2.29. The number of aromatic carboxylic acids is 1. The molecule has 0 heterocycles. The zero-order valence-corrected chi connectivity index (χ0v) is 11.2. The summed E-state index contributed by atoms with van der Waals surface area (Å²) < 4.78 is 14.0. The van der Waals surface area contributed by atoms with Crippen LogP contribution < -0.4 is 0 Å². The van der Waals surface area contributed by atoms with Gasteiger partial charge in [0, 0.05) is 4.47 Å². The summed E-state index contributed by atoms with van der Waals surface area (Å²) in [6.45, 7) is 1.67. The largest absolute Gasteiger partial charge is 0.478 e. The van der Waals surface area contributed by atoms with Crippen LogP contribution in [-0.2, 0) is 0 Å². The van der Waals surface area contributed by atoms with Gasteiger partial charge in [-0.2, -0.15) is 0 Å². The van der Waals surface area contributed by atoms with Crippen molar-refractivity contribution in [3.05, 3.63) is 57.8 Å². The fourth-order valence-corrected chi connectivity index (χ4v) is 2.19. The van der Waals surface area contributed by atoms with Crippen molar-refractivity contribution in [3.8, 4) is 11.1 Å². The van der Waals surface area contributed by atoms with Crippen LogP contribution in [0.5, 0.6) is 0 Å². The molecule has 0 amide bonds. The lowest BCUT2D eigenvalue weighted by Gasteiger charge is -2.08. The first-order chi connectivity index (χ1) is 8.50. The lowest BCUT2D eigenvalue weighted by Crippen LogP contribution is -1.98. The Bertz CT molecular complexity index is 623. The molecule has 0 aromatic heterocycles. The summed E-state index contributed by atoms with van der Waals surface area (Å²) in [7, 11) is 0. The highest BCUT2D eigenvalue weighted by atomic mass is 79.9. The summed E-state index contributed by atoms with van der Waals surface area (Å²) in [5.74, 6) is -1.31. The van der Waals surface area contributed by atoms with Crippen LogP contribution in [0.3, 0.4) is 0 Å². The van der Waals surface area contributed by atoms with Crippen molar-refractivity contribution in [3.63, 3.8) is 0 Å².